The number of rotatable bonds is 1. The molecule has 2 atom stereocenters. The van der Waals surface area contributed by atoms with Crippen molar-refractivity contribution in [2.45, 2.75) is 45.2 Å². The van der Waals surface area contributed by atoms with E-state index in [4.69, 9.17) is 13.9 Å². The molecule has 1 saturated heterocycles. The summed E-state index contributed by atoms with van der Waals surface area (Å²) in [5.41, 5.74) is -0.144. The molecule has 0 unspecified atom stereocenters. The van der Waals surface area contributed by atoms with Crippen molar-refractivity contribution in [2.75, 3.05) is 0 Å². The molecule has 1 aliphatic heterocycles. The van der Waals surface area contributed by atoms with E-state index in [1.54, 1.807) is 6.26 Å². The van der Waals surface area contributed by atoms with Crippen LogP contribution in [-0.4, -0.2) is 11.7 Å². The maximum Gasteiger partial charge on any atom is 0.217 e. The van der Waals surface area contributed by atoms with Gasteiger partial charge in [0.15, 0.2) is 5.76 Å². The van der Waals surface area contributed by atoms with Crippen LogP contribution in [0, 0.1) is 0 Å². The lowest BCUT2D eigenvalue weighted by atomic mass is 10.00. The molecule has 2 rings (SSSR count). The molecule has 0 saturated carbocycles. The molecule has 78 valence electrons. The molecule has 1 fully saturated rings. The summed E-state index contributed by atoms with van der Waals surface area (Å²) in [6.45, 7) is 6.20. The van der Waals surface area contributed by atoms with Gasteiger partial charge in [-0.2, -0.15) is 0 Å². The molecule has 0 aliphatic carbocycles. The SMILES string of the molecule is C[C@@H]1CC(C)(C)O[C@H](c2ccco2)O1. The van der Waals surface area contributed by atoms with Crippen LogP contribution >= 0.6 is 0 Å². The first-order valence-corrected chi connectivity index (χ1v) is 4.93. The van der Waals surface area contributed by atoms with E-state index in [1.807, 2.05) is 12.1 Å². The Morgan fingerprint density at radius 1 is 1.43 bits per heavy atom. The van der Waals surface area contributed by atoms with Crippen molar-refractivity contribution in [2.24, 2.45) is 0 Å². The highest BCUT2D eigenvalue weighted by molar-refractivity contribution is 5.01. The minimum absolute atomic E-state index is 0.144. The minimum Gasteiger partial charge on any atom is -0.464 e. The summed E-state index contributed by atoms with van der Waals surface area (Å²) in [6.07, 6.45) is 2.39. The van der Waals surface area contributed by atoms with Gasteiger partial charge < -0.3 is 13.9 Å². The zero-order valence-electron chi connectivity index (χ0n) is 8.82. The van der Waals surface area contributed by atoms with Crippen molar-refractivity contribution >= 4 is 0 Å². The van der Waals surface area contributed by atoms with Crippen molar-refractivity contribution in [3.05, 3.63) is 24.2 Å². The zero-order chi connectivity index (χ0) is 10.2. The zero-order valence-corrected chi connectivity index (χ0v) is 8.82. The monoisotopic (exact) mass is 196 g/mol. The van der Waals surface area contributed by atoms with Gasteiger partial charge in [-0.3, -0.25) is 0 Å². The summed E-state index contributed by atoms with van der Waals surface area (Å²) >= 11 is 0. The predicted molar refractivity (Wildman–Crippen MR) is 51.8 cm³/mol. The van der Waals surface area contributed by atoms with Crippen LogP contribution in [0.1, 0.15) is 39.2 Å². The highest BCUT2D eigenvalue weighted by Crippen LogP contribution is 2.35. The summed E-state index contributed by atoms with van der Waals surface area (Å²) < 4.78 is 16.7. The Labute approximate surface area is 84.0 Å². The molecule has 0 spiro atoms. The summed E-state index contributed by atoms with van der Waals surface area (Å²) in [4.78, 5) is 0. The first-order chi connectivity index (χ1) is 6.57. The van der Waals surface area contributed by atoms with Gasteiger partial charge in [-0.1, -0.05) is 0 Å². The molecular weight excluding hydrogens is 180 g/mol. The molecular formula is C11H16O3. The van der Waals surface area contributed by atoms with Crippen LogP contribution in [0.3, 0.4) is 0 Å². The van der Waals surface area contributed by atoms with Crippen LogP contribution < -0.4 is 0 Å². The van der Waals surface area contributed by atoms with Crippen LogP contribution in [0.15, 0.2) is 22.8 Å². The fourth-order valence-electron chi connectivity index (χ4n) is 1.87. The topological polar surface area (TPSA) is 31.6 Å². The van der Waals surface area contributed by atoms with Gasteiger partial charge in [0.2, 0.25) is 6.29 Å². The van der Waals surface area contributed by atoms with Gasteiger partial charge >= 0.3 is 0 Å². The Hall–Kier alpha value is -0.800. The third-order valence-electron chi connectivity index (χ3n) is 2.34. The van der Waals surface area contributed by atoms with E-state index >= 15 is 0 Å². The van der Waals surface area contributed by atoms with Gasteiger partial charge in [-0.25, -0.2) is 0 Å². The maximum atomic E-state index is 5.77. The molecule has 3 heteroatoms. The van der Waals surface area contributed by atoms with Gasteiger partial charge in [0.25, 0.3) is 0 Å². The molecule has 3 nitrogen and oxygen atoms in total. The Morgan fingerprint density at radius 3 is 2.79 bits per heavy atom. The Morgan fingerprint density at radius 2 is 2.21 bits per heavy atom. The normalized spacial score (nSPS) is 31.6. The summed E-state index contributed by atoms with van der Waals surface area (Å²) in [5.74, 6) is 0.740. The van der Waals surface area contributed by atoms with Crippen molar-refractivity contribution in [3.63, 3.8) is 0 Å². The second-order valence-electron chi connectivity index (χ2n) is 4.38. The standard InChI is InChI=1S/C11H16O3/c1-8-7-11(2,3)14-10(13-8)9-5-4-6-12-9/h4-6,8,10H,7H2,1-3H3/t8-,10-/m1/s1. The van der Waals surface area contributed by atoms with Crippen LogP contribution in [0.4, 0.5) is 0 Å². The lowest BCUT2D eigenvalue weighted by Crippen LogP contribution is -2.38. The van der Waals surface area contributed by atoms with Crippen molar-refractivity contribution in [1.29, 1.82) is 0 Å². The number of furan rings is 1. The van der Waals surface area contributed by atoms with Crippen LogP contribution in [0.2, 0.25) is 0 Å². The fraction of sp³-hybridized carbons (Fsp3) is 0.636. The minimum atomic E-state index is -0.358. The molecule has 14 heavy (non-hydrogen) atoms. The van der Waals surface area contributed by atoms with E-state index in [0.717, 1.165) is 12.2 Å². The number of hydrogen-bond acceptors (Lipinski definition) is 3. The van der Waals surface area contributed by atoms with Gasteiger partial charge in [-0.15, -0.1) is 0 Å². The first kappa shape index (κ1) is 9.74. The molecule has 0 N–H and O–H groups in total. The molecule has 0 radical (unpaired) electrons. The molecule has 0 aromatic carbocycles. The van der Waals surface area contributed by atoms with Gasteiger partial charge in [0, 0.05) is 6.42 Å². The highest BCUT2D eigenvalue weighted by atomic mass is 16.7. The maximum absolute atomic E-state index is 5.77. The van der Waals surface area contributed by atoms with Crippen molar-refractivity contribution < 1.29 is 13.9 Å². The lowest BCUT2D eigenvalue weighted by molar-refractivity contribution is -0.279. The quantitative estimate of drug-likeness (QED) is 0.692. The lowest BCUT2D eigenvalue weighted by Gasteiger charge is -2.38. The second kappa shape index (κ2) is 3.41. The smallest absolute Gasteiger partial charge is 0.217 e. The first-order valence-electron chi connectivity index (χ1n) is 4.93. The second-order valence-corrected chi connectivity index (χ2v) is 4.38. The molecule has 1 aromatic heterocycles. The Bertz CT molecular complexity index is 289. The van der Waals surface area contributed by atoms with Crippen LogP contribution in [0.25, 0.3) is 0 Å². The third-order valence-corrected chi connectivity index (χ3v) is 2.34. The summed E-state index contributed by atoms with van der Waals surface area (Å²) in [5, 5.41) is 0. The van der Waals surface area contributed by atoms with E-state index < -0.39 is 0 Å². The molecule has 0 bridgehead atoms. The molecule has 0 amide bonds. The Kier molecular flexibility index (Phi) is 2.37. The predicted octanol–water partition coefficient (Wildman–Crippen LogP) is 2.88. The van der Waals surface area contributed by atoms with E-state index in [0.29, 0.717) is 0 Å². The van der Waals surface area contributed by atoms with Gasteiger partial charge in [0.05, 0.1) is 18.0 Å². The van der Waals surface area contributed by atoms with Gasteiger partial charge in [-0.05, 0) is 32.9 Å². The van der Waals surface area contributed by atoms with E-state index in [-0.39, 0.29) is 18.0 Å². The van der Waals surface area contributed by atoms with Crippen LogP contribution in [-0.2, 0) is 9.47 Å². The average molecular weight is 196 g/mol. The fourth-order valence-corrected chi connectivity index (χ4v) is 1.87. The number of hydrogen-bond donors (Lipinski definition) is 0. The molecule has 1 aliphatic rings. The number of ether oxygens (including phenoxy) is 2. The van der Waals surface area contributed by atoms with Crippen LogP contribution in [0.5, 0.6) is 0 Å². The molecule has 1 aromatic rings. The largest absolute Gasteiger partial charge is 0.464 e. The average Bonchev–Trinajstić information content (AvgIpc) is 2.51. The third kappa shape index (κ3) is 1.99. The van der Waals surface area contributed by atoms with E-state index in [1.165, 1.54) is 0 Å². The van der Waals surface area contributed by atoms with E-state index in [2.05, 4.69) is 20.8 Å². The highest BCUT2D eigenvalue weighted by Gasteiger charge is 2.35. The van der Waals surface area contributed by atoms with Crippen molar-refractivity contribution in [3.8, 4) is 0 Å². The van der Waals surface area contributed by atoms with Crippen molar-refractivity contribution in [1.82, 2.24) is 0 Å². The van der Waals surface area contributed by atoms with E-state index in [9.17, 15) is 0 Å². The van der Waals surface area contributed by atoms with Gasteiger partial charge in [0.1, 0.15) is 0 Å². The molecule has 2 heterocycles. The Balaban J connectivity index is 2.14. The summed E-state index contributed by atoms with van der Waals surface area (Å²) in [7, 11) is 0. The summed E-state index contributed by atoms with van der Waals surface area (Å²) in [6, 6.07) is 3.72.